The number of anilines is 1. The normalized spacial score (nSPS) is 20.8. The van der Waals surface area contributed by atoms with Crippen molar-refractivity contribution in [2.75, 3.05) is 32.0 Å². The van der Waals surface area contributed by atoms with Gasteiger partial charge >= 0.3 is 0 Å². The average Bonchev–Trinajstić information content (AvgIpc) is 2.89. The number of carbonyl (C=O) groups is 1. The van der Waals surface area contributed by atoms with E-state index < -0.39 is 0 Å². The van der Waals surface area contributed by atoms with E-state index in [-0.39, 0.29) is 11.9 Å². The molecule has 108 valence electrons. The number of rotatable bonds is 2. The number of nitrogen functional groups attached to an aromatic ring is 1. The van der Waals surface area contributed by atoms with E-state index in [0.29, 0.717) is 26.3 Å². The van der Waals surface area contributed by atoms with Gasteiger partial charge in [-0.1, -0.05) is 6.07 Å². The Morgan fingerprint density at radius 2 is 1.95 bits per heavy atom. The Morgan fingerprint density at radius 3 is 2.70 bits per heavy atom. The average molecular weight is 275 g/mol. The number of fused-ring (bicyclic) bond motifs is 1. The van der Waals surface area contributed by atoms with E-state index in [1.807, 2.05) is 24.0 Å². The fraction of sp³-hybridized carbons (Fsp3) is 0.533. The number of nitrogens with zero attached hydrogens (tertiary/aromatic N) is 2. The number of hydrogen-bond donors (Lipinski definition) is 1. The first-order chi connectivity index (χ1) is 9.65. The third kappa shape index (κ3) is 2.51. The summed E-state index contributed by atoms with van der Waals surface area (Å²) in [6, 6.07) is 5.91. The number of nitrogens with two attached hydrogens (primary N) is 1. The monoisotopic (exact) mass is 275 g/mol. The number of amides is 1. The summed E-state index contributed by atoms with van der Waals surface area (Å²) in [6.45, 7) is 6.33. The Balaban J connectivity index is 1.67. The van der Waals surface area contributed by atoms with Crippen LogP contribution in [0.2, 0.25) is 0 Å². The summed E-state index contributed by atoms with van der Waals surface area (Å²) in [4.78, 5) is 16.6. The van der Waals surface area contributed by atoms with Crippen LogP contribution in [-0.4, -0.2) is 48.1 Å². The van der Waals surface area contributed by atoms with E-state index in [1.54, 1.807) is 0 Å². The van der Waals surface area contributed by atoms with Gasteiger partial charge in [-0.2, -0.15) is 0 Å². The molecule has 0 spiro atoms. The molecular formula is C15H21N3O2. The summed E-state index contributed by atoms with van der Waals surface area (Å²) >= 11 is 0. The molecule has 20 heavy (non-hydrogen) atoms. The first-order valence-electron chi connectivity index (χ1n) is 7.13. The van der Waals surface area contributed by atoms with Gasteiger partial charge in [0.2, 0.25) is 5.91 Å². The molecule has 3 rings (SSSR count). The van der Waals surface area contributed by atoms with Crippen LogP contribution in [0, 0.1) is 0 Å². The molecule has 1 atom stereocenters. The Morgan fingerprint density at radius 1 is 1.25 bits per heavy atom. The minimum atomic E-state index is -0.0956. The third-order valence-corrected chi connectivity index (χ3v) is 4.21. The molecule has 2 aliphatic rings. The van der Waals surface area contributed by atoms with Crippen molar-refractivity contribution in [3.05, 3.63) is 29.3 Å². The maximum absolute atomic E-state index is 12.5. The first-order valence-corrected chi connectivity index (χ1v) is 7.13. The molecule has 2 aliphatic heterocycles. The predicted octanol–water partition coefficient (Wildman–Crippen LogP) is 0.832. The molecular weight excluding hydrogens is 254 g/mol. The zero-order valence-corrected chi connectivity index (χ0v) is 11.8. The molecule has 0 aromatic heterocycles. The lowest BCUT2D eigenvalue weighted by Gasteiger charge is -2.32. The van der Waals surface area contributed by atoms with Crippen LogP contribution in [0.5, 0.6) is 0 Å². The highest BCUT2D eigenvalue weighted by Crippen LogP contribution is 2.26. The number of hydrogen-bond acceptors (Lipinski definition) is 4. The quantitative estimate of drug-likeness (QED) is 0.812. The van der Waals surface area contributed by atoms with E-state index in [9.17, 15) is 4.79 Å². The van der Waals surface area contributed by atoms with Crippen molar-refractivity contribution in [2.45, 2.75) is 26.1 Å². The highest BCUT2D eigenvalue weighted by Gasteiger charge is 2.30. The zero-order chi connectivity index (χ0) is 14.1. The van der Waals surface area contributed by atoms with Crippen molar-refractivity contribution in [2.24, 2.45) is 0 Å². The second-order valence-electron chi connectivity index (χ2n) is 5.55. The van der Waals surface area contributed by atoms with Crippen LogP contribution in [0.4, 0.5) is 5.69 Å². The third-order valence-electron chi connectivity index (χ3n) is 4.21. The molecule has 1 amide bonds. The molecule has 5 heteroatoms. The molecule has 0 saturated carbocycles. The van der Waals surface area contributed by atoms with Crippen LogP contribution < -0.4 is 5.73 Å². The maximum atomic E-state index is 12.5. The van der Waals surface area contributed by atoms with Crippen molar-refractivity contribution >= 4 is 11.6 Å². The molecule has 1 unspecified atom stereocenters. The SMILES string of the molecule is CC(C(=O)N1CCOCC1)N1Cc2ccc(N)cc2C1. The number of carbonyl (C=O) groups excluding carboxylic acids is 1. The Kier molecular flexibility index (Phi) is 3.63. The van der Waals surface area contributed by atoms with Crippen molar-refractivity contribution in [1.29, 1.82) is 0 Å². The topological polar surface area (TPSA) is 58.8 Å². The molecule has 0 bridgehead atoms. The number of ether oxygens (including phenoxy) is 1. The van der Waals surface area contributed by atoms with Crippen LogP contribution >= 0.6 is 0 Å². The van der Waals surface area contributed by atoms with Gasteiger partial charge < -0.3 is 15.4 Å². The molecule has 1 aromatic rings. The minimum Gasteiger partial charge on any atom is -0.399 e. The largest absolute Gasteiger partial charge is 0.399 e. The first kappa shape index (κ1) is 13.4. The van der Waals surface area contributed by atoms with Crippen molar-refractivity contribution < 1.29 is 9.53 Å². The van der Waals surface area contributed by atoms with E-state index in [2.05, 4.69) is 11.0 Å². The van der Waals surface area contributed by atoms with Gasteiger partial charge in [-0.25, -0.2) is 0 Å². The van der Waals surface area contributed by atoms with E-state index in [1.165, 1.54) is 11.1 Å². The molecule has 0 aliphatic carbocycles. The summed E-state index contributed by atoms with van der Waals surface area (Å²) in [5.41, 5.74) is 9.13. The smallest absolute Gasteiger partial charge is 0.239 e. The van der Waals surface area contributed by atoms with Gasteiger partial charge in [0.05, 0.1) is 19.3 Å². The molecule has 1 aromatic carbocycles. The number of benzene rings is 1. The van der Waals surface area contributed by atoms with Gasteiger partial charge in [0.15, 0.2) is 0 Å². The summed E-state index contributed by atoms with van der Waals surface area (Å²) < 4.78 is 5.30. The van der Waals surface area contributed by atoms with Crippen LogP contribution in [0.15, 0.2) is 18.2 Å². The van der Waals surface area contributed by atoms with Gasteiger partial charge in [0, 0.05) is 31.9 Å². The van der Waals surface area contributed by atoms with Gasteiger partial charge in [0.1, 0.15) is 0 Å². The minimum absolute atomic E-state index is 0.0956. The van der Waals surface area contributed by atoms with Crippen molar-refractivity contribution in [3.8, 4) is 0 Å². The van der Waals surface area contributed by atoms with Crippen molar-refractivity contribution in [1.82, 2.24) is 9.80 Å². The van der Waals surface area contributed by atoms with Crippen LogP contribution in [0.3, 0.4) is 0 Å². The molecule has 2 heterocycles. The lowest BCUT2D eigenvalue weighted by Crippen LogP contribution is -2.49. The van der Waals surface area contributed by atoms with E-state index >= 15 is 0 Å². The van der Waals surface area contributed by atoms with Crippen LogP contribution in [-0.2, 0) is 22.6 Å². The number of morpholine rings is 1. The summed E-state index contributed by atoms with van der Waals surface area (Å²) in [5, 5.41) is 0. The second kappa shape index (κ2) is 5.42. The Labute approximate surface area is 119 Å². The molecule has 2 N–H and O–H groups in total. The van der Waals surface area contributed by atoms with Gasteiger partial charge in [-0.05, 0) is 30.2 Å². The second-order valence-corrected chi connectivity index (χ2v) is 5.55. The highest BCUT2D eigenvalue weighted by atomic mass is 16.5. The van der Waals surface area contributed by atoms with Crippen molar-refractivity contribution in [3.63, 3.8) is 0 Å². The molecule has 5 nitrogen and oxygen atoms in total. The zero-order valence-electron chi connectivity index (χ0n) is 11.8. The summed E-state index contributed by atoms with van der Waals surface area (Å²) in [6.07, 6.45) is 0. The lowest BCUT2D eigenvalue weighted by molar-refractivity contribution is -0.140. The molecule has 1 fully saturated rings. The van der Waals surface area contributed by atoms with Gasteiger partial charge in [-0.15, -0.1) is 0 Å². The molecule has 0 radical (unpaired) electrons. The van der Waals surface area contributed by atoms with Crippen LogP contribution in [0.25, 0.3) is 0 Å². The Bertz CT molecular complexity index is 512. The Hall–Kier alpha value is -1.59. The summed E-state index contributed by atoms with van der Waals surface area (Å²) in [7, 11) is 0. The fourth-order valence-corrected chi connectivity index (χ4v) is 2.92. The standard InChI is InChI=1S/C15H21N3O2/c1-11(15(19)17-4-6-20-7-5-17)18-9-12-2-3-14(16)8-13(12)10-18/h2-3,8,11H,4-7,9-10,16H2,1H3. The summed E-state index contributed by atoms with van der Waals surface area (Å²) in [5.74, 6) is 0.203. The molecule has 1 saturated heterocycles. The van der Waals surface area contributed by atoms with E-state index in [4.69, 9.17) is 10.5 Å². The predicted molar refractivity (Wildman–Crippen MR) is 77.0 cm³/mol. The van der Waals surface area contributed by atoms with Gasteiger partial charge in [-0.3, -0.25) is 9.69 Å². The lowest BCUT2D eigenvalue weighted by atomic mass is 10.1. The van der Waals surface area contributed by atoms with Crippen LogP contribution in [0.1, 0.15) is 18.1 Å². The van der Waals surface area contributed by atoms with Gasteiger partial charge in [0.25, 0.3) is 0 Å². The highest BCUT2D eigenvalue weighted by molar-refractivity contribution is 5.81. The van der Waals surface area contributed by atoms with E-state index in [0.717, 1.165) is 18.8 Å². The fourth-order valence-electron chi connectivity index (χ4n) is 2.92. The maximum Gasteiger partial charge on any atom is 0.239 e.